The van der Waals surface area contributed by atoms with Crippen molar-refractivity contribution in [3.05, 3.63) is 65.4 Å². The molecule has 0 aliphatic rings. The summed E-state index contributed by atoms with van der Waals surface area (Å²) in [5.74, 6) is 0.470. The number of nitrogens with two attached hydrogens (primary N) is 1. The summed E-state index contributed by atoms with van der Waals surface area (Å²) >= 11 is 0. The van der Waals surface area contributed by atoms with Gasteiger partial charge in [-0.1, -0.05) is 24.3 Å². The molecule has 1 aromatic heterocycles. The first-order chi connectivity index (χ1) is 11.6. The Kier molecular flexibility index (Phi) is 4.85. The van der Waals surface area contributed by atoms with Gasteiger partial charge in [0, 0.05) is 29.3 Å². The van der Waals surface area contributed by atoms with Gasteiger partial charge in [0.05, 0.1) is 0 Å². The third-order valence-corrected chi connectivity index (χ3v) is 4.34. The number of aliphatic imine (C=N–C) groups is 1. The van der Waals surface area contributed by atoms with Crippen LogP contribution >= 0.6 is 0 Å². The SMILES string of the molecule is Cc1ccc(NC(N)=NCCCc2c[nH]c3ccccc23)cc1C. The summed E-state index contributed by atoms with van der Waals surface area (Å²) < 4.78 is 0. The van der Waals surface area contributed by atoms with Crippen molar-refractivity contribution < 1.29 is 0 Å². The Morgan fingerprint density at radius 3 is 2.79 bits per heavy atom. The average Bonchev–Trinajstić information content (AvgIpc) is 2.98. The van der Waals surface area contributed by atoms with Crippen LogP contribution in [0.3, 0.4) is 0 Å². The van der Waals surface area contributed by atoms with Crippen molar-refractivity contribution in [1.29, 1.82) is 0 Å². The molecule has 0 fully saturated rings. The number of hydrogen-bond acceptors (Lipinski definition) is 1. The van der Waals surface area contributed by atoms with E-state index in [-0.39, 0.29) is 0 Å². The zero-order chi connectivity index (χ0) is 16.9. The summed E-state index contributed by atoms with van der Waals surface area (Å²) in [4.78, 5) is 7.73. The number of nitrogens with zero attached hydrogens (tertiary/aromatic N) is 1. The number of benzene rings is 2. The van der Waals surface area contributed by atoms with E-state index in [2.05, 4.69) is 65.7 Å². The minimum atomic E-state index is 0.470. The molecule has 4 nitrogen and oxygen atoms in total. The number of guanidine groups is 1. The third-order valence-electron chi connectivity index (χ3n) is 4.34. The largest absolute Gasteiger partial charge is 0.370 e. The predicted molar refractivity (Wildman–Crippen MR) is 103 cm³/mol. The van der Waals surface area contributed by atoms with Crippen LogP contribution in [0.5, 0.6) is 0 Å². The van der Waals surface area contributed by atoms with Crippen molar-refractivity contribution in [2.75, 3.05) is 11.9 Å². The number of aryl methyl sites for hydroxylation is 3. The second-order valence-corrected chi connectivity index (χ2v) is 6.15. The van der Waals surface area contributed by atoms with Gasteiger partial charge >= 0.3 is 0 Å². The molecule has 0 saturated heterocycles. The van der Waals surface area contributed by atoms with Gasteiger partial charge in [0.15, 0.2) is 5.96 Å². The molecule has 0 saturated carbocycles. The fraction of sp³-hybridized carbons (Fsp3) is 0.250. The van der Waals surface area contributed by atoms with E-state index in [4.69, 9.17) is 5.73 Å². The van der Waals surface area contributed by atoms with Gasteiger partial charge in [-0.05, 0) is 61.6 Å². The van der Waals surface area contributed by atoms with Gasteiger partial charge in [-0.25, -0.2) is 0 Å². The van der Waals surface area contributed by atoms with E-state index in [0.717, 1.165) is 18.5 Å². The van der Waals surface area contributed by atoms with E-state index in [9.17, 15) is 0 Å². The Bertz CT molecular complexity index is 861. The van der Waals surface area contributed by atoms with Crippen LogP contribution in [0.4, 0.5) is 5.69 Å². The molecular weight excluding hydrogens is 296 g/mol. The van der Waals surface area contributed by atoms with Crippen molar-refractivity contribution in [2.45, 2.75) is 26.7 Å². The molecule has 0 amide bonds. The first-order valence-corrected chi connectivity index (χ1v) is 8.32. The maximum absolute atomic E-state index is 5.98. The van der Waals surface area contributed by atoms with Crippen LogP contribution in [0.2, 0.25) is 0 Å². The number of para-hydroxylation sites is 1. The number of aromatic nitrogens is 1. The highest BCUT2D eigenvalue weighted by Crippen LogP contribution is 2.19. The number of fused-ring (bicyclic) bond motifs is 1. The van der Waals surface area contributed by atoms with Crippen LogP contribution in [0.25, 0.3) is 10.9 Å². The molecule has 0 aliphatic carbocycles. The molecule has 3 rings (SSSR count). The summed E-state index contributed by atoms with van der Waals surface area (Å²) in [6, 6.07) is 14.6. The van der Waals surface area contributed by atoms with Crippen molar-refractivity contribution in [2.24, 2.45) is 10.7 Å². The summed E-state index contributed by atoms with van der Waals surface area (Å²) in [5, 5.41) is 4.45. The number of aromatic amines is 1. The highest BCUT2D eigenvalue weighted by molar-refractivity contribution is 5.92. The van der Waals surface area contributed by atoms with Crippen molar-refractivity contribution in [3.8, 4) is 0 Å². The number of rotatable bonds is 5. The Morgan fingerprint density at radius 1 is 1.12 bits per heavy atom. The lowest BCUT2D eigenvalue weighted by molar-refractivity contribution is 0.836. The Morgan fingerprint density at radius 2 is 1.96 bits per heavy atom. The Balaban J connectivity index is 1.53. The van der Waals surface area contributed by atoms with Gasteiger partial charge in [-0.3, -0.25) is 4.99 Å². The van der Waals surface area contributed by atoms with E-state index in [1.54, 1.807) is 0 Å². The molecule has 124 valence electrons. The average molecular weight is 320 g/mol. The molecular formula is C20H24N4. The van der Waals surface area contributed by atoms with Gasteiger partial charge < -0.3 is 16.0 Å². The molecule has 3 aromatic rings. The van der Waals surface area contributed by atoms with Crippen LogP contribution in [-0.2, 0) is 6.42 Å². The lowest BCUT2D eigenvalue weighted by Gasteiger charge is -2.08. The highest BCUT2D eigenvalue weighted by atomic mass is 15.1. The quantitative estimate of drug-likeness (QED) is 0.376. The molecule has 0 aliphatic heterocycles. The number of nitrogens with one attached hydrogen (secondary N) is 2. The van der Waals surface area contributed by atoms with Crippen LogP contribution in [0, 0.1) is 13.8 Å². The van der Waals surface area contributed by atoms with Crippen molar-refractivity contribution >= 4 is 22.5 Å². The summed E-state index contributed by atoms with van der Waals surface area (Å²) in [6.07, 6.45) is 4.05. The number of H-pyrrole nitrogens is 1. The van der Waals surface area contributed by atoms with Crippen molar-refractivity contribution in [1.82, 2.24) is 4.98 Å². The van der Waals surface area contributed by atoms with E-state index >= 15 is 0 Å². The monoisotopic (exact) mass is 320 g/mol. The minimum Gasteiger partial charge on any atom is -0.370 e. The first kappa shape index (κ1) is 16.1. The summed E-state index contributed by atoms with van der Waals surface area (Å²) in [5.41, 5.74) is 12.0. The van der Waals surface area contributed by atoms with Gasteiger partial charge in [0.25, 0.3) is 0 Å². The molecule has 2 aromatic carbocycles. The molecule has 0 atom stereocenters. The van der Waals surface area contributed by atoms with Gasteiger partial charge in [0.2, 0.25) is 0 Å². The minimum absolute atomic E-state index is 0.470. The van der Waals surface area contributed by atoms with E-state index in [0.29, 0.717) is 12.5 Å². The van der Waals surface area contributed by atoms with E-state index in [1.165, 1.54) is 27.6 Å². The van der Waals surface area contributed by atoms with E-state index < -0.39 is 0 Å². The molecule has 4 N–H and O–H groups in total. The fourth-order valence-electron chi connectivity index (χ4n) is 2.81. The van der Waals surface area contributed by atoms with Crippen LogP contribution in [0.15, 0.2) is 53.7 Å². The zero-order valence-corrected chi connectivity index (χ0v) is 14.3. The Hall–Kier alpha value is -2.75. The first-order valence-electron chi connectivity index (χ1n) is 8.32. The molecule has 24 heavy (non-hydrogen) atoms. The molecule has 4 heteroatoms. The van der Waals surface area contributed by atoms with Crippen LogP contribution in [-0.4, -0.2) is 17.5 Å². The van der Waals surface area contributed by atoms with E-state index in [1.807, 2.05) is 12.1 Å². The molecule has 1 heterocycles. The molecule has 0 radical (unpaired) electrons. The standard InChI is InChI=1S/C20H24N4/c1-14-9-10-17(12-15(14)2)24-20(21)22-11-5-6-16-13-23-19-8-4-3-7-18(16)19/h3-4,7-10,12-13,23H,5-6,11H2,1-2H3,(H3,21,22,24). The zero-order valence-electron chi connectivity index (χ0n) is 14.3. The summed E-state index contributed by atoms with van der Waals surface area (Å²) in [6.45, 7) is 4.90. The lowest BCUT2D eigenvalue weighted by atomic mass is 10.1. The number of hydrogen-bond donors (Lipinski definition) is 3. The predicted octanol–water partition coefficient (Wildman–Crippen LogP) is 4.14. The topological polar surface area (TPSA) is 66.2 Å². The fourth-order valence-corrected chi connectivity index (χ4v) is 2.81. The molecule has 0 spiro atoms. The maximum atomic E-state index is 5.98. The molecule has 0 unspecified atom stereocenters. The third kappa shape index (κ3) is 3.77. The van der Waals surface area contributed by atoms with Crippen LogP contribution < -0.4 is 11.1 Å². The normalized spacial score (nSPS) is 11.8. The molecule has 0 bridgehead atoms. The maximum Gasteiger partial charge on any atom is 0.193 e. The highest BCUT2D eigenvalue weighted by Gasteiger charge is 2.02. The number of anilines is 1. The van der Waals surface area contributed by atoms with Gasteiger partial charge in [-0.15, -0.1) is 0 Å². The smallest absolute Gasteiger partial charge is 0.193 e. The lowest BCUT2D eigenvalue weighted by Crippen LogP contribution is -2.23. The summed E-state index contributed by atoms with van der Waals surface area (Å²) in [7, 11) is 0. The Labute approximate surface area is 142 Å². The second-order valence-electron chi connectivity index (χ2n) is 6.15. The van der Waals surface area contributed by atoms with Crippen molar-refractivity contribution in [3.63, 3.8) is 0 Å². The second kappa shape index (κ2) is 7.21. The van der Waals surface area contributed by atoms with Crippen LogP contribution in [0.1, 0.15) is 23.1 Å². The van der Waals surface area contributed by atoms with Gasteiger partial charge in [0.1, 0.15) is 0 Å². The van der Waals surface area contributed by atoms with Gasteiger partial charge in [-0.2, -0.15) is 0 Å².